The molecule has 0 bridgehead atoms. The van der Waals surface area contributed by atoms with Gasteiger partial charge in [0.25, 0.3) is 0 Å². The lowest BCUT2D eigenvalue weighted by Crippen LogP contribution is -2.26. The second kappa shape index (κ2) is 9.48. The van der Waals surface area contributed by atoms with E-state index >= 15 is 0 Å². The van der Waals surface area contributed by atoms with Crippen LogP contribution in [0.3, 0.4) is 0 Å². The molecule has 0 unspecified atom stereocenters. The van der Waals surface area contributed by atoms with Crippen LogP contribution in [-0.4, -0.2) is 17.2 Å². The fraction of sp³-hybridized carbons (Fsp3) is 0.208. The molecule has 3 rings (SSSR count). The van der Waals surface area contributed by atoms with Crippen molar-refractivity contribution in [3.05, 3.63) is 96.4 Å². The monoisotopic (exact) mass is 377 g/mol. The summed E-state index contributed by atoms with van der Waals surface area (Å²) in [5.41, 5.74) is 0. The zero-order valence-corrected chi connectivity index (χ0v) is 16.4. The Kier molecular flexibility index (Phi) is 6.79. The van der Waals surface area contributed by atoms with Gasteiger partial charge < -0.3 is 5.11 Å². The van der Waals surface area contributed by atoms with E-state index < -0.39 is 13.2 Å². The summed E-state index contributed by atoms with van der Waals surface area (Å²) in [6.45, 7) is 0. The number of hydrogen-bond acceptors (Lipinski definition) is 1. The van der Waals surface area contributed by atoms with Crippen molar-refractivity contribution in [2.45, 2.75) is 25.7 Å². The molecule has 1 aliphatic rings. The molecule has 0 amide bonds. The Morgan fingerprint density at radius 3 is 2.11 bits per heavy atom. The van der Waals surface area contributed by atoms with Crippen LogP contribution in [0.5, 0.6) is 0 Å². The molecule has 2 aromatic carbocycles. The van der Waals surface area contributed by atoms with Crippen LogP contribution in [0, 0.1) is 0 Å². The van der Waals surface area contributed by atoms with Gasteiger partial charge >= 0.3 is 5.97 Å². The fourth-order valence-electron chi connectivity index (χ4n) is 3.68. The van der Waals surface area contributed by atoms with Crippen LogP contribution < -0.4 is 10.6 Å². The van der Waals surface area contributed by atoms with Gasteiger partial charge in [0, 0.05) is 6.42 Å². The van der Waals surface area contributed by atoms with Gasteiger partial charge in [-0.1, -0.05) is 54.6 Å². The molecule has 0 fully saturated rings. The lowest BCUT2D eigenvalue weighted by Gasteiger charge is -2.28. The van der Waals surface area contributed by atoms with Gasteiger partial charge in [0.05, 0.1) is 6.16 Å². The number of hydrogen-bond donors (Lipinski definition) is 1. The van der Waals surface area contributed by atoms with Crippen LogP contribution in [0.15, 0.2) is 96.4 Å². The summed E-state index contributed by atoms with van der Waals surface area (Å²) in [6, 6.07) is 21.5. The third-order valence-corrected chi connectivity index (χ3v) is 9.51. The summed E-state index contributed by atoms with van der Waals surface area (Å²) in [5.74, 6) is -0.712. The Hall–Kier alpha value is -2.44. The van der Waals surface area contributed by atoms with E-state index in [0.717, 1.165) is 19.0 Å². The summed E-state index contributed by atoms with van der Waals surface area (Å²) >= 11 is 0. The standard InChI is InChI=1S/C24H25O2P/c25-24(26)19-11-12-20-27(22-15-7-3-8-16-22,23-17-9-4-10-18-23)21-13-5-1-2-6-14-21/h1-5,7-10,13-18H,6,11-12,19-20H2/p+1. The van der Waals surface area contributed by atoms with Gasteiger partial charge in [0.15, 0.2) is 0 Å². The Bertz CT molecular complexity index is 796. The molecule has 0 atom stereocenters. The fourth-order valence-corrected chi connectivity index (χ4v) is 8.16. The first-order valence-corrected chi connectivity index (χ1v) is 11.5. The third kappa shape index (κ3) is 4.64. The van der Waals surface area contributed by atoms with Crippen molar-refractivity contribution in [2.24, 2.45) is 0 Å². The van der Waals surface area contributed by atoms with Gasteiger partial charge in [-0.25, -0.2) is 0 Å². The lowest BCUT2D eigenvalue weighted by molar-refractivity contribution is -0.137. The van der Waals surface area contributed by atoms with Crippen molar-refractivity contribution in [2.75, 3.05) is 6.16 Å². The molecular formula is C24H26O2P+. The first-order valence-electron chi connectivity index (χ1n) is 9.48. The van der Waals surface area contributed by atoms with E-state index in [9.17, 15) is 4.79 Å². The number of allylic oxidation sites excluding steroid dienone is 6. The van der Waals surface area contributed by atoms with Crippen molar-refractivity contribution in [3.63, 3.8) is 0 Å². The van der Waals surface area contributed by atoms with E-state index in [0.29, 0.717) is 6.42 Å². The zero-order valence-electron chi connectivity index (χ0n) is 15.5. The minimum Gasteiger partial charge on any atom is -0.481 e. The van der Waals surface area contributed by atoms with Crippen LogP contribution in [0.1, 0.15) is 25.7 Å². The molecule has 138 valence electrons. The third-order valence-electron chi connectivity index (χ3n) is 4.95. The van der Waals surface area contributed by atoms with E-state index in [1.165, 1.54) is 15.9 Å². The quantitative estimate of drug-likeness (QED) is 0.500. The van der Waals surface area contributed by atoms with E-state index in [1.807, 2.05) is 0 Å². The number of aliphatic carboxylic acids is 1. The van der Waals surface area contributed by atoms with Gasteiger partial charge in [0.1, 0.15) is 23.2 Å². The summed E-state index contributed by atoms with van der Waals surface area (Å²) in [6.07, 6.45) is 14.8. The van der Waals surface area contributed by atoms with Crippen LogP contribution >= 0.6 is 7.26 Å². The molecule has 0 saturated heterocycles. The molecular weight excluding hydrogens is 351 g/mol. The van der Waals surface area contributed by atoms with E-state index in [2.05, 4.69) is 91.0 Å². The van der Waals surface area contributed by atoms with E-state index in [1.54, 1.807) is 0 Å². The van der Waals surface area contributed by atoms with Crippen LogP contribution in [-0.2, 0) is 4.79 Å². The maximum Gasteiger partial charge on any atom is 0.303 e. The maximum atomic E-state index is 11.0. The maximum absolute atomic E-state index is 11.0. The Labute approximate surface area is 162 Å². The first kappa shape index (κ1) is 19.3. The van der Waals surface area contributed by atoms with Gasteiger partial charge in [-0.3, -0.25) is 4.79 Å². The van der Waals surface area contributed by atoms with Crippen molar-refractivity contribution < 1.29 is 9.90 Å². The number of unbranched alkanes of at least 4 members (excludes halogenated alkanes) is 1. The molecule has 0 spiro atoms. The highest BCUT2D eigenvalue weighted by Crippen LogP contribution is 2.64. The molecule has 3 heteroatoms. The average Bonchev–Trinajstić information content (AvgIpc) is 2.99. The van der Waals surface area contributed by atoms with E-state index in [-0.39, 0.29) is 6.42 Å². The number of rotatable bonds is 8. The number of carboxylic acids is 1. The molecule has 0 aliphatic heterocycles. The van der Waals surface area contributed by atoms with Gasteiger partial charge in [0.2, 0.25) is 0 Å². The predicted octanol–water partition coefficient (Wildman–Crippen LogP) is 5.31. The van der Waals surface area contributed by atoms with Crippen LogP contribution in [0.25, 0.3) is 0 Å². The van der Waals surface area contributed by atoms with Crippen molar-refractivity contribution in [1.29, 1.82) is 0 Å². The first-order chi connectivity index (χ1) is 13.2. The highest BCUT2D eigenvalue weighted by Gasteiger charge is 2.45. The molecule has 0 radical (unpaired) electrons. The molecule has 0 aromatic heterocycles. The van der Waals surface area contributed by atoms with E-state index in [4.69, 9.17) is 5.11 Å². The lowest BCUT2D eigenvalue weighted by atomic mass is 10.2. The number of carboxylic acid groups (broad SMARTS) is 1. The molecule has 1 N–H and O–H groups in total. The number of carbonyl (C=O) groups is 1. The average molecular weight is 377 g/mol. The highest BCUT2D eigenvalue weighted by atomic mass is 31.2. The van der Waals surface area contributed by atoms with Gasteiger partial charge in [-0.05, 0) is 55.7 Å². The molecule has 0 saturated carbocycles. The Balaban J connectivity index is 2.09. The predicted molar refractivity (Wildman–Crippen MR) is 116 cm³/mol. The second-order valence-corrected chi connectivity index (χ2v) is 10.3. The normalized spacial score (nSPS) is 13.9. The van der Waals surface area contributed by atoms with Crippen molar-refractivity contribution >= 4 is 23.8 Å². The zero-order chi connectivity index (χ0) is 19.0. The Morgan fingerprint density at radius 1 is 0.889 bits per heavy atom. The molecule has 1 aliphatic carbocycles. The minimum absolute atomic E-state index is 0.236. The van der Waals surface area contributed by atoms with Gasteiger partial charge in [-0.15, -0.1) is 0 Å². The van der Waals surface area contributed by atoms with Crippen LogP contribution in [0.2, 0.25) is 0 Å². The van der Waals surface area contributed by atoms with Gasteiger partial charge in [-0.2, -0.15) is 0 Å². The topological polar surface area (TPSA) is 37.3 Å². The SMILES string of the molecule is O=C(O)CCCC[P+](C1=CCC=CC=C1)(c1ccccc1)c1ccccc1. The summed E-state index contributed by atoms with van der Waals surface area (Å²) < 4.78 is 0. The number of benzene rings is 2. The molecule has 2 aromatic rings. The summed E-state index contributed by atoms with van der Waals surface area (Å²) in [4.78, 5) is 11.0. The van der Waals surface area contributed by atoms with Crippen LogP contribution in [0.4, 0.5) is 0 Å². The summed E-state index contributed by atoms with van der Waals surface area (Å²) in [7, 11) is -1.82. The largest absolute Gasteiger partial charge is 0.481 e. The summed E-state index contributed by atoms with van der Waals surface area (Å²) in [5, 5.41) is 13.2. The molecule has 27 heavy (non-hydrogen) atoms. The van der Waals surface area contributed by atoms with Crippen molar-refractivity contribution in [3.8, 4) is 0 Å². The highest BCUT2D eigenvalue weighted by molar-refractivity contribution is 7.93. The molecule has 2 nitrogen and oxygen atoms in total. The van der Waals surface area contributed by atoms with Crippen molar-refractivity contribution in [1.82, 2.24) is 0 Å². The minimum atomic E-state index is -1.82. The Morgan fingerprint density at radius 2 is 1.52 bits per heavy atom. The smallest absolute Gasteiger partial charge is 0.303 e. The second-order valence-electron chi connectivity index (χ2n) is 6.71. The molecule has 0 heterocycles.